The minimum atomic E-state index is -0.592. The van der Waals surface area contributed by atoms with Gasteiger partial charge in [-0.25, -0.2) is 0 Å². The van der Waals surface area contributed by atoms with Crippen LogP contribution in [-0.2, 0) is 9.53 Å². The number of non-ortho nitro benzene ring substituents is 1. The number of fused-ring (bicyclic) bond motifs is 2. The van der Waals surface area contributed by atoms with Gasteiger partial charge in [0.05, 0.1) is 51.9 Å². The van der Waals surface area contributed by atoms with E-state index in [-0.39, 0.29) is 41.4 Å². The van der Waals surface area contributed by atoms with Crippen LogP contribution in [0.5, 0.6) is 28.7 Å². The van der Waals surface area contributed by atoms with Gasteiger partial charge in [0, 0.05) is 29.7 Å². The predicted molar refractivity (Wildman–Crippen MR) is 140 cm³/mol. The highest BCUT2D eigenvalue weighted by Crippen LogP contribution is 2.55. The van der Waals surface area contributed by atoms with Crippen molar-refractivity contribution in [1.29, 1.82) is 0 Å². The first kappa shape index (κ1) is 26.0. The van der Waals surface area contributed by atoms with Gasteiger partial charge < -0.3 is 34.1 Å². The number of rotatable bonds is 8. The zero-order valence-corrected chi connectivity index (χ0v) is 21.8. The number of anilines is 1. The lowest BCUT2D eigenvalue weighted by Crippen LogP contribution is -2.37. The highest BCUT2D eigenvalue weighted by Gasteiger charge is 2.52. The Kier molecular flexibility index (Phi) is 6.81. The van der Waals surface area contributed by atoms with Crippen LogP contribution in [0, 0.1) is 22.0 Å². The molecule has 5 rings (SSSR count). The number of hydrogen-bond acceptors (Lipinski definition) is 10. The maximum Gasteiger partial charge on any atom is 0.310 e. The molecule has 0 radical (unpaired) electrons. The summed E-state index contributed by atoms with van der Waals surface area (Å²) in [6, 6.07) is 12.8. The zero-order valence-electron chi connectivity index (χ0n) is 21.8. The molecule has 1 heterocycles. The highest BCUT2D eigenvalue weighted by molar-refractivity contribution is 5.79. The fraction of sp³-hybridized carbons (Fsp3) is 0.321. The number of phenols is 1. The van der Waals surface area contributed by atoms with E-state index < -0.39 is 22.8 Å². The van der Waals surface area contributed by atoms with Crippen molar-refractivity contribution in [3.8, 4) is 28.7 Å². The third-order valence-electron chi connectivity index (χ3n) is 7.46. The van der Waals surface area contributed by atoms with Gasteiger partial charge in [0.15, 0.2) is 23.0 Å². The Bertz CT molecular complexity index is 1400. The molecule has 0 saturated carbocycles. The summed E-state index contributed by atoms with van der Waals surface area (Å²) in [7, 11) is 5.97. The second-order valence-corrected chi connectivity index (χ2v) is 9.33. The summed E-state index contributed by atoms with van der Waals surface area (Å²) in [5.74, 6) is -0.464. The molecule has 11 heteroatoms. The zero-order chi connectivity index (χ0) is 27.8. The molecule has 204 valence electrons. The molecule has 1 fully saturated rings. The van der Waals surface area contributed by atoms with E-state index in [1.54, 1.807) is 31.4 Å². The second-order valence-electron chi connectivity index (χ2n) is 9.33. The first-order valence-electron chi connectivity index (χ1n) is 12.2. The van der Waals surface area contributed by atoms with E-state index in [1.165, 1.54) is 33.5 Å². The van der Waals surface area contributed by atoms with Crippen molar-refractivity contribution in [3.05, 3.63) is 75.3 Å². The average Bonchev–Trinajstić information content (AvgIpc) is 3.33. The van der Waals surface area contributed by atoms with Gasteiger partial charge in [-0.2, -0.15) is 0 Å². The maximum atomic E-state index is 13.3. The molecule has 1 aliphatic heterocycles. The summed E-state index contributed by atoms with van der Waals surface area (Å²) in [6.07, 6.45) is 0. The molecule has 39 heavy (non-hydrogen) atoms. The Morgan fingerprint density at radius 2 is 1.46 bits per heavy atom. The van der Waals surface area contributed by atoms with E-state index in [0.29, 0.717) is 22.7 Å². The largest absolute Gasteiger partial charge is 0.502 e. The molecule has 0 amide bonds. The number of aromatic hydroxyl groups is 1. The lowest BCUT2D eigenvalue weighted by atomic mass is 9.65. The van der Waals surface area contributed by atoms with E-state index in [1.807, 2.05) is 12.1 Å². The fourth-order valence-corrected chi connectivity index (χ4v) is 5.64. The number of phenolic OH excluding ortho intramolecular Hbond substituents is 1. The molecular formula is C28H28N2O9. The lowest BCUT2D eigenvalue weighted by Gasteiger charge is -2.40. The number of nitrogens with zero attached hydrogens (tertiary/aromatic N) is 1. The van der Waals surface area contributed by atoms with E-state index >= 15 is 0 Å². The molecule has 11 nitrogen and oxygen atoms in total. The molecule has 1 aliphatic carbocycles. The number of cyclic esters (lactones) is 1. The molecule has 0 spiro atoms. The first-order chi connectivity index (χ1) is 18.8. The van der Waals surface area contributed by atoms with E-state index in [9.17, 15) is 20.0 Å². The summed E-state index contributed by atoms with van der Waals surface area (Å²) >= 11 is 0. The summed E-state index contributed by atoms with van der Waals surface area (Å²) < 4.78 is 27.6. The number of nitro groups is 1. The van der Waals surface area contributed by atoms with Gasteiger partial charge in [-0.15, -0.1) is 0 Å². The standard InChI is InChI=1S/C28H28N2O9/c1-35-20-11-17-18(12-21(20)36-2)26(29-15-5-7-16(8-6-15)30(33)34)19-13-39-28(32)25(19)24(17)14-9-22(37-3)27(31)23(10-14)38-4/h5-12,19,24-26,29,31H,13H2,1-4H3/t19?,24?,25-,26+/m0/s1. The van der Waals surface area contributed by atoms with Gasteiger partial charge >= 0.3 is 5.97 Å². The number of benzene rings is 3. The van der Waals surface area contributed by atoms with Gasteiger partial charge in [-0.3, -0.25) is 14.9 Å². The Morgan fingerprint density at radius 3 is 2.00 bits per heavy atom. The van der Waals surface area contributed by atoms with Crippen molar-refractivity contribution in [2.24, 2.45) is 11.8 Å². The van der Waals surface area contributed by atoms with E-state index in [2.05, 4.69) is 5.32 Å². The number of hydrogen-bond donors (Lipinski definition) is 2. The Balaban J connectivity index is 1.71. The van der Waals surface area contributed by atoms with Crippen LogP contribution in [0.4, 0.5) is 11.4 Å². The molecular weight excluding hydrogens is 508 g/mol. The SMILES string of the molecule is COc1cc2c(cc1OC)[C@@H](Nc1ccc([N+](=O)[O-])cc1)C1COC(=O)[C@@H]1C2c1cc(OC)c(O)c(OC)c1. The normalized spacial score (nSPS) is 21.3. The van der Waals surface area contributed by atoms with Crippen LogP contribution in [0.1, 0.15) is 28.7 Å². The fourth-order valence-electron chi connectivity index (χ4n) is 5.64. The van der Waals surface area contributed by atoms with Crippen LogP contribution in [0.15, 0.2) is 48.5 Å². The second kappa shape index (κ2) is 10.2. The Morgan fingerprint density at radius 1 is 0.897 bits per heavy atom. The van der Waals surface area contributed by atoms with Crippen molar-refractivity contribution in [2.75, 3.05) is 40.4 Å². The van der Waals surface area contributed by atoms with Crippen molar-refractivity contribution < 1.29 is 38.5 Å². The quantitative estimate of drug-likeness (QED) is 0.242. The molecule has 1 saturated heterocycles. The van der Waals surface area contributed by atoms with Crippen LogP contribution >= 0.6 is 0 Å². The van der Waals surface area contributed by atoms with Crippen molar-refractivity contribution in [2.45, 2.75) is 12.0 Å². The molecule has 3 aromatic rings. The number of esters is 1. The highest BCUT2D eigenvalue weighted by atomic mass is 16.6. The van der Waals surface area contributed by atoms with Gasteiger partial charge in [0.25, 0.3) is 5.69 Å². The van der Waals surface area contributed by atoms with Gasteiger partial charge in [0.2, 0.25) is 5.75 Å². The number of carbonyl (C=O) groups excluding carboxylic acids is 1. The lowest BCUT2D eigenvalue weighted by molar-refractivity contribution is -0.384. The molecule has 3 aromatic carbocycles. The van der Waals surface area contributed by atoms with E-state index in [4.69, 9.17) is 23.7 Å². The summed E-state index contributed by atoms with van der Waals surface area (Å²) in [5, 5.41) is 25.1. The minimum absolute atomic E-state index is 0.0245. The van der Waals surface area contributed by atoms with Crippen LogP contribution in [0.2, 0.25) is 0 Å². The number of carbonyl (C=O) groups is 1. The summed E-state index contributed by atoms with van der Waals surface area (Å²) in [5.41, 5.74) is 2.96. The third-order valence-corrected chi connectivity index (χ3v) is 7.46. The monoisotopic (exact) mass is 536 g/mol. The number of nitrogens with one attached hydrogen (secondary N) is 1. The van der Waals surface area contributed by atoms with Crippen molar-refractivity contribution in [3.63, 3.8) is 0 Å². The maximum absolute atomic E-state index is 13.3. The Hall–Kier alpha value is -4.67. The average molecular weight is 537 g/mol. The Labute approximate surface area is 224 Å². The van der Waals surface area contributed by atoms with Crippen LogP contribution in [0.25, 0.3) is 0 Å². The smallest absolute Gasteiger partial charge is 0.310 e. The van der Waals surface area contributed by atoms with Gasteiger partial charge in [-0.1, -0.05) is 0 Å². The van der Waals surface area contributed by atoms with Crippen LogP contribution < -0.4 is 24.3 Å². The van der Waals surface area contributed by atoms with Gasteiger partial charge in [-0.05, 0) is 53.1 Å². The first-order valence-corrected chi connectivity index (χ1v) is 12.2. The molecule has 2 aliphatic rings. The van der Waals surface area contributed by atoms with Gasteiger partial charge in [0.1, 0.15) is 0 Å². The van der Waals surface area contributed by atoms with Crippen LogP contribution in [0.3, 0.4) is 0 Å². The van der Waals surface area contributed by atoms with Crippen molar-refractivity contribution in [1.82, 2.24) is 0 Å². The molecule has 4 atom stereocenters. The minimum Gasteiger partial charge on any atom is -0.502 e. The molecule has 2 N–H and O–H groups in total. The van der Waals surface area contributed by atoms with Crippen molar-refractivity contribution >= 4 is 17.3 Å². The number of ether oxygens (including phenoxy) is 5. The van der Waals surface area contributed by atoms with Crippen LogP contribution in [-0.4, -0.2) is 51.0 Å². The molecule has 2 unspecified atom stereocenters. The number of methoxy groups -OCH3 is 4. The van der Waals surface area contributed by atoms with E-state index in [0.717, 1.165) is 11.1 Å². The summed E-state index contributed by atoms with van der Waals surface area (Å²) in [4.78, 5) is 24.0. The number of nitro benzene ring substituents is 1. The topological polar surface area (TPSA) is 139 Å². The third kappa shape index (κ3) is 4.39. The predicted octanol–water partition coefficient (Wildman–Crippen LogP) is 4.42. The molecule has 0 bridgehead atoms. The molecule has 0 aromatic heterocycles. The summed E-state index contributed by atoms with van der Waals surface area (Å²) in [6.45, 7) is 0.171.